The first kappa shape index (κ1) is 65.5. The number of thiophene rings is 2. The van der Waals surface area contributed by atoms with Crippen molar-refractivity contribution in [2.45, 2.75) is 0 Å². The zero-order valence-corrected chi connectivity index (χ0v) is 63.5. The number of hydrogen-bond acceptors (Lipinski definition) is 2. The number of aromatic nitrogens is 4. The van der Waals surface area contributed by atoms with E-state index in [0.717, 1.165) is 22.7 Å². The molecule has 0 saturated heterocycles. The highest BCUT2D eigenvalue weighted by Gasteiger charge is 2.22. The maximum absolute atomic E-state index is 2.42. The minimum Gasteiger partial charge on any atom is -0.309 e. The fourth-order valence-electron chi connectivity index (χ4n) is 18.2. The van der Waals surface area contributed by atoms with Gasteiger partial charge in [-0.05, 0) is 206 Å². The van der Waals surface area contributed by atoms with Crippen molar-refractivity contribution in [3.8, 4) is 89.5 Å². The van der Waals surface area contributed by atoms with Crippen LogP contribution in [-0.4, -0.2) is 18.3 Å². The Labute approximate surface area is 665 Å². The minimum absolute atomic E-state index is 1.16. The highest BCUT2D eigenvalue weighted by Crippen LogP contribution is 2.46. The first-order valence-corrected chi connectivity index (χ1v) is 40.6. The molecule has 6 aromatic heterocycles. The highest BCUT2D eigenvalue weighted by molar-refractivity contribution is 7.26. The molecular formula is C108H68N4S2. The lowest BCUT2D eigenvalue weighted by Gasteiger charge is -2.11. The summed E-state index contributed by atoms with van der Waals surface area (Å²) in [6.07, 6.45) is 0. The van der Waals surface area contributed by atoms with Crippen LogP contribution in [0.4, 0.5) is 0 Å². The Balaban J connectivity index is 0.000000135. The maximum atomic E-state index is 2.42. The molecule has 0 saturated carbocycles. The van der Waals surface area contributed by atoms with E-state index in [-0.39, 0.29) is 0 Å². The van der Waals surface area contributed by atoms with Crippen molar-refractivity contribution < 1.29 is 0 Å². The molecule has 0 spiro atoms. The second-order valence-corrected chi connectivity index (χ2v) is 32.0. The topological polar surface area (TPSA) is 19.7 Å². The standard InChI is InChI=1S/2C54H34N2S/c1-2-12-35(13-3-1)37-14-10-15-41(32-37)56-50-22-8-5-17-44(50)48-34-39(27-31-52(48)56)38-26-30-51-47(33-38)43-16-4-7-21-49(43)55(51)40-28-24-36(25-29-40)42-19-11-20-46-45-18-6-9-23-53(45)57-54(42)46;1-2-12-35(13-3-1)37-14-10-15-41(32-37)56-49-21-8-5-17-44(49)47-34-39(27-31-51(47)56)38-26-30-50-46(33-38)43-16-4-7-20-48(43)55(50)40-28-24-36(25-29-40)42-19-11-23-53-54(42)45-18-6-9-22-52(45)57-53/h2*1-34H. The van der Waals surface area contributed by atoms with Crippen molar-refractivity contribution >= 4 is 150 Å². The molecule has 0 aliphatic carbocycles. The van der Waals surface area contributed by atoms with Crippen molar-refractivity contribution in [3.05, 3.63) is 413 Å². The summed E-state index contributed by atoms with van der Waals surface area (Å²) in [5.41, 5.74) is 29.0. The second kappa shape index (κ2) is 26.7. The van der Waals surface area contributed by atoms with Crippen molar-refractivity contribution in [1.82, 2.24) is 18.3 Å². The van der Waals surface area contributed by atoms with E-state index < -0.39 is 0 Å². The number of hydrogen-bond donors (Lipinski definition) is 0. The van der Waals surface area contributed by atoms with Crippen LogP contribution in [0.1, 0.15) is 0 Å². The van der Waals surface area contributed by atoms with Gasteiger partial charge < -0.3 is 18.3 Å². The molecule has 0 aliphatic heterocycles. The van der Waals surface area contributed by atoms with Crippen molar-refractivity contribution in [3.63, 3.8) is 0 Å². The monoisotopic (exact) mass is 1480 g/mol. The molecule has 18 aromatic carbocycles. The van der Waals surface area contributed by atoms with E-state index in [4.69, 9.17) is 0 Å². The molecule has 0 bridgehead atoms. The Morgan fingerprint density at radius 2 is 0.447 bits per heavy atom. The third-order valence-corrected chi connectivity index (χ3v) is 25.8. The fraction of sp³-hybridized carbons (Fsp3) is 0. The summed E-state index contributed by atoms with van der Waals surface area (Å²) in [6, 6.07) is 151. The molecular weight excluding hydrogens is 1420 g/mol. The molecule has 0 atom stereocenters. The van der Waals surface area contributed by atoms with Crippen LogP contribution in [0, 0.1) is 0 Å². The van der Waals surface area contributed by atoms with Crippen LogP contribution in [-0.2, 0) is 0 Å². The third kappa shape index (κ3) is 10.7. The van der Waals surface area contributed by atoms with Gasteiger partial charge in [-0.25, -0.2) is 0 Å². The van der Waals surface area contributed by atoms with Crippen LogP contribution in [0.2, 0.25) is 0 Å². The summed E-state index contributed by atoms with van der Waals surface area (Å²) in [4.78, 5) is 0. The van der Waals surface area contributed by atoms with Gasteiger partial charge in [-0.3, -0.25) is 0 Å². The molecule has 0 radical (unpaired) electrons. The Bertz CT molecular complexity index is 7960. The zero-order valence-electron chi connectivity index (χ0n) is 61.9. The fourth-order valence-corrected chi connectivity index (χ4v) is 20.6. The second-order valence-electron chi connectivity index (χ2n) is 29.8. The summed E-state index contributed by atoms with van der Waals surface area (Å²) >= 11 is 3.75. The maximum Gasteiger partial charge on any atom is 0.0541 e. The normalized spacial score (nSPS) is 11.9. The Morgan fingerprint density at radius 3 is 0.895 bits per heavy atom. The van der Waals surface area contributed by atoms with Gasteiger partial charge in [0, 0.05) is 106 Å². The summed E-state index contributed by atoms with van der Waals surface area (Å²) in [5.74, 6) is 0. The van der Waals surface area contributed by atoms with E-state index >= 15 is 0 Å². The Hall–Kier alpha value is -14.4. The van der Waals surface area contributed by atoms with Gasteiger partial charge in [0.15, 0.2) is 0 Å². The lowest BCUT2D eigenvalue weighted by molar-refractivity contribution is 1.18. The van der Waals surface area contributed by atoms with Crippen LogP contribution in [0.5, 0.6) is 0 Å². The van der Waals surface area contributed by atoms with Crippen LogP contribution in [0.15, 0.2) is 413 Å². The van der Waals surface area contributed by atoms with E-state index in [1.807, 2.05) is 22.7 Å². The van der Waals surface area contributed by atoms with E-state index in [0.29, 0.717) is 0 Å². The first-order chi connectivity index (χ1) is 56.5. The van der Waals surface area contributed by atoms with Gasteiger partial charge in [0.1, 0.15) is 0 Å². The first-order valence-electron chi connectivity index (χ1n) is 39.0. The lowest BCUT2D eigenvalue weighted by atomic mass is 9.99. The highest BCUT2D eigenvalue weighted by atomic mass is 32.1. The number of rotatable bonds is 10. The molecule has 24 aromatic rings. The van der Waals surface area contributed by atoms with E-state index in [2.05, 4.69) is 431 Å². The number of para-hydroxylation sites is 4. The van der Waals surface area contributed by atoms with Crippen LogP contribution in [0.25, 0.3) is 217 Å². The number of fused-ring (bicyclic) bond motifs is 18. The van der Waals surface area contributed by atoms with E-state index in [1.54, 1.807) is 0 Å². The SMILES string of the molecule is c1ccc(-c2cccc(-n3c4ccccc4c4cc(-c5ccc6c(c5)c5ccccc5n6-c5ccc(-c6cccc7c6sc6ccccc67)cc5)ccc43)c2)cc1.c1ccc(-c2cccc(-n3c4ccccc4c4cc(-c5ccc6c(c5)c5ccccc5n6-c5ccc(-c6cccc7sc8ccccc8c67)cc5)ccc43)c2)cc1. The third-order valence-electron chi connectivity index (χ3n) is 23.5. The summed E-state index contributed by atoms with van der Waals surface area (Å²) < 4.78 is 15.0. The number of benzene rings is 18. The van der Waals surface area contributed by atoms with Crippen LogP contribution in [0.3, 0.4) is 0 Å². The average Bonchev–Trinajstić information content (AvgIpc) is 1.59. The van der Waals surface area contributed by atoms with Gasteiger partial charge >= 0.3 is 0 Å². The zero-order chi connectivity index (χ0) is 74.9. The summed E-state index contributed by atoms with van der Waals surface area (Å²) in [6.45, 7) is 0. The van der Waals surface area contributed by atoms with Crippen molar-refractivity contribution in [1.29, 1.82) is 0 Å². The van der Waals surface area contributed by atoms with Crippen molar-refractivity contribution in [2.75, 3.05) is 0 Å². The molecule has 0 fully saturated rings. The van der Waals surface area contributed by atoms with Gasteiger partial charge in [-0.2, -0.15) is 0 Å². The summed E-state index contributed by atoms with van der Waals surface area (Å²) in [5, 5.41) is 15.4. The average molecular weight is 1490 g/mol. The molecule has 0 aliphatic rings. The Kier molecular flexibility index (Phi) is 15.3. The molecule has 0 amide bonds. The molecule has 0 N–H and O–H groups in total. The minimum atomic E-state index is 1.16. The molecule has 24 rings (SSSR count). The molecule has 532 valence electrons. The van der Waals surface area contributed by atoms with Crippen LogP contribution < -0.4 is 0 Å². The van der Waals surface area contributed by atoms with Gasteiger partial charge in [0.25, 0.3) is 0 Å². The van der Waals surface area contributed by atoms with Crippen LogP contribution >= 0.6 is 22.7 Å². The van der Waals surface area contributed by atoms with Gasteiger partial charge in [0.05, 0.1) is 44.1 Å². The molecule has 4 nitrogen and oxygen atoms in total. The number of nitrogens with zero attached hydrogens (tertiary/aromatic N) is 4. The van der Waals surface area contributed by atoms with Gasteiger partial charge in [-0.15, -0.1) is 22.7 Å². The molecule has 6 heteroatoms. The van der Waals surface area contributed by atoms with Crippen molar-refractivity contribution in [2.24, 2.45) is 0 Å². The Morgan fingerprint density at radius 1 is 0.149 bits per heavy atom. The lowest BCUT2D eigenvalue weighted by Crippen LogP contribution is -1.94. The molecule has 0 unspecified atom stereocenters. The van der Waals surface area contributed by atoms with E-state index in [9.17, 15) is 0 Å². The quantitative estimate of drug-likeness (QED) is 0.130. The van der Waals surface area contributed by atoms with E-state index in [1.165, 1.54) is 194 Å². The van der Waals surface area contributed by atoms with Gasteiger partial charge in [-0.1, -0.05) is 273 Å². The molecule has 114 heavy (non-hydrogen) atoms. The predicted molar refractivity (Wildman–Crippen MR) is 489 cm³/mol. The molecule has 6 heterocycles. The smallest absolute Gasteiger partial charge is 0.0541 e. The summed E-state index contributed by atoms with van der Waals surface area (Å²) in [7, 11) is 0. The van der Waals surface area contributed by atoms with Gasteiger partial charge in [0.2, 0.25) is 0 Å². The largest absolute Gasteiger partial charge is 0.309 e. The predicted octanol–water partition coefficient (Wildman–Crippen LogP) is 30.5.